The maximum absolute atomic E-state index is 12.9. The van der Waals surface area contributed by atoms with E-state index in [-0.39, 0.29) is 11.3 Å². The zero-order chi connectivity index (χ0) is 22.7. The van der Waals surface area contributed by atoms with Crippen LogP contribution in [0.25, 0.3) is 28.1 Å². The molecule has 3 aromatic carbocycles. The fourth-order valence-corrected chi connectivity index (χ4v) is 3.74. The molecule has 4 aromatic rings. The second kappa shape index (κ2) is 8.89. The number of para-hydroxylation sites is 1. The molecule has 160 valence electrons. The van der Waals surface area contributed by atoms with Gasteiger partial charge in [-0.1, -0.05) is 66.7 Å². The van der Waals surface area contributed by atoms with Gasteiger partial charge in [0.25, 0.3) is 0 Å². The summed E-state index contributed by atoms with van der Waals surface area (Å²) < 4.78 is 11.5. The summed E-state index contributed by atoms with van der Waals surface area (Å²) in [6.45, 7) is 2.02. The van der Waals surface area contributed by atoms with Crippen LogP contribution in [0.4, 0.5) is 0 Å². The second-order valence-electron chi connectivity index (χ2n) is 7.16. The van der Waals surface area contributed by atoms with E-state index in [0.29, 0.717) is 16.9 Å². The predicted molar refractivity (Wildman–Crippen MR) is 122 cm³/mol. The van der Waals surface area contributed by atoms with Crippen molar-refractivity contribution in [2.75, 3.05) is 14.2 Å². The molecule has 6 nitrogen and oxygen atoms in total. The van der Waals surface area contributed by atoms with E-state index in [9.17, 15) is 9.59 Å². The van der Waals surface area contributed by atoms with Gasteiger partial charge in [-0.25, -0.2) is 14.3 Å². The fourth-order valence-electron chi connectivity index (χ4n) is 3.74. The van der Waals surface area contributed by atoms with Crippen molar-refractivity contribution in [2.24, 2.45) is 0 Å². The summed E-state index contributed by atoms with van der Waals surface area (Å²) in [6.07, 6.45) is 0. The number of nitrogens with zero attached hydrogens (tertiary/aromatic N) is 2. The topological polar surface area (TPSA) is 70.4 Å². The van der Waals surface area contributed by atoms with Crippen molar-refractivity contribution in [2.45, 2.75) is 6.92 Å². The molecule has 1 aromatic heterocycles. The van der Waals surface area contributed by atoms with Gasteiger partial charge in [0, 0.05) is 5.56 Å². The van der Waals surface area contributed by atoms with Crippen LogP contribution in [0.15, 0.2) is 78.9 Å². The SMILES string of the molecule is COC(=O)c1c(-c2ccccc2-c2ccccc2C)nn(-c2ccccc2)c1C(=O)OC. The number of esters is 2. The highest BCUT2D eigenvalue weighted by molar-refractivity contribution is 6.08. The normalized spacial score (nSPS) is 10.6. The quantitative estimate of drug-likeness (QED) is 0.416. The van der Waals surface area contributed by atoms with Crippen molar-refractivity contribution in [3.63, 3.8) is 0 Å². The minimum Gasteiger partial charge on any atom is -0.465 e. The maximum atomic E-state index is 12.9. The van der Waals surface area contributed by atoms with Gasteiger partial charge < -0.3 is 9.47 Å². The Morgan fingerprint density at radius 3 is 1.91 bits per heavy atom. The number of hydrogen-bond acceptors (Lipinski definition) is 5. The molecule has 0 fully saturated rings. The molecule has 1 heterocycles. The molecule has 32 heavy (non-hydrogen) atoms. The Morgan fingerprint density at radius 2 is 1.28 bits per heavy atom. The van der Waals surface area contributed by atoms with Crippen LogP contribution in [0.1, 0.15) is 26.4 Å². The molecule has 0 atom stereocenters. The van der Waals surface area contributed by atoms with Crippen molar-refractivity contribution in [3.8, 4) is 28.1 Å². The lowest BCUT2D eigenvalue weighted by Crippen LogP contribution is -2.15. The molecular formula is C26H22N2O4. The van der Waals surface area contributed by atoms with Gasteiger partial charge in [-0.2, -0.15) is 5.10 Å². The Balaban J connectivity index is 2.07. The van der Waals surface area contributed by atoms with E-state index in [1.807, 2.05) is 73.7 Å². The molecule has 0 saturated carbocycles. The summed E-state index contributed by atoms with van der Waals surface area (Å²) >= 11 is 0. The molecule has 0 saturated heterocycles. The van der Waals surface area contributed by atoms with Crippen molar-refractivity contribution >= 4 is 11.9 Å². The van der Waals surface area contributed by atoms with Crippen LogP contribution in [0, 0.1) is 6.92 Å². The first kappa shape index (κ1) is 21.1. The molecular weight excluding hydrogens is 404 g/mol. The largest absolute Gasteiger partial charge is 0.465 e. The minimum absolute atomic E-state index is 0.0140. The van der Waals surface area contributed by atoms with Gasteiger partial charge in [-0.3, -0.25) is 0 Å². The average molecular weight is 426 g/mol. The van der Waals surface area contributed by atoms with Gasteiger partial charge in [-0.05, 0) is 35.7 Å². The fraction of sp³-hybridized carbons (Fsp3) is 0.115. The van der Waals surface area contributed by atoms with Crippen LogP contribution in [0.3, 0.4) is 0 Å². The van der Waals surface area contributed by atoms with Crippen LogP contribution >= 0.6 is 0 Å². The zero-order valence-electron chi connectivity index (χ0n) is 18.0. The standard InChI is InChI=1S/C26H22N2O4/c1-17-11-7-8-14-19(17)20-15-9-10-16-21(20)23-22(25(29)31-2)24(26(30)32-3)28(27-23)18-12-5-4-6-13-18/h4-16H,1-3H3. The monoisotopic (exact) mass is 426 g/mol. The number of rotatable bonds is 5. The summed E-state index contributed by atoms with van der Waals surface area (Å²) in [5, 5.41) is 4.72. The molecule has 0 unspecified atom stereocenters. The molecule has 6 heteroatoms. The van der Waals surface area contributed by atoms with E-state index in [0.717, 1.165) is 16.7 Å². The van der Waals surface area contributed by atoms with E-state index in [1.165, 1.54) is 18.9 Å². The first-order chi connectivity index (χ1) is 15.6. The molecule has 0 amide bonds. The van der Waals surface area contributed by atoms with Gasteiger partial charge in [-0.15, -0.1) is 0 Å². The molecule has 0 N–H and O–H groups in total. The number of carbonyl (C=O) groups is 2. The van der Waals surface area contributed by atoms with Crippen molar-refractivity contribution < 1.29 is 19.1 Å². The van der Waals surface area contributed by atoms with E-state index >= 15 is 0 Å². The molecule has 0 aliphatic rings. The summed E-state index contributed by atoms with van der Waals surface area (Å²) in [5.74, 6) is -1.34. The summed E-state index contributed by atoms with van der Waals surface area (Å²) in [4.78, 5) is 25.7. The Hall–Kier alpha value is -4.19. The third-order valence-corrected chi connectivity index (χ3v) is 5.27. The number of carbonyl (C=O) groups excluding carboxylic acids is 2. The number of hydrogen-bond donors (Lipinski definition) is 0. The number of ether oxygens (including phenoxy) is 2. The molecule has 0 aliphatic carbocycles. The van der Waals surface area contributed by atoms with Gasteiger partial charge in [0.15, 0.2) is 5.69 Å². The lowest BCUT2D eigenvalue weighted by Gasteiger charge is -2.11. The molecule has 0 bridgehead atoms. The van der Waals surface area contributed by atoms with Crippen LogP contribution in [-0.4, -0.2) is 35.9 Å². The maximum Gasteiger partial charge on any atom is 0.357 e. The van der Waals surface area contributed by atoms with Crippen LogP contribution in [0.5, 0.6) is 0 Å². The van der Waals surface area contributed by atoms with Crippen molar-refractivity contribution in [3.05, 3.63) is 95.7 Å². The van der Waals surface area contributed by atoms with E-state index in [2.05, 4.69) is 0 Å². The number of methoxy groups -OCH3 is 2. The van der Waals surface area contributed by atoms with Gasteiger partial charge >= 0.3 is 11.9 Å². The van der Waals surface area contributed by atoms with E-state index in [4.69, 9.17) is 14.6 Å². The van der Waals surface area contributed by atoms with Crippen LogP contribution in [-0.2, 0) is 9.47 Å². The van der Waals surface area contributed by atoms with Gasteiger partial charge in [0.2, 0.25) is 0 Å². The van der Waals surface area contributed by atoms with Crippen LogP contribution < -0.4 is 0 Å². The Morgan fingerprint density at radius 1 is 0.719 bits per heavy atom. The highest BCUT2D eigenvalue weighted by Crippen LogP contribution is 2.37. The summed E-state index contributed by atoms with van der Waals surface area (Å²) in [6, 6.07) is 24.8. The van der Waals surface area contributed by atoms with Crippen LogP contribution in [0.2, 0.25) is 0 Å². The minimum atomic E-state index is -0.679. The molecule has 0 aliphatic heterocycles. The highest BCUT2D eigenvalue weighted by Gasteiger charge is 2.32. The zero-order valence-corrected chi connectivity index (χ0v) is 18.0. The molecule has 0 spiro atoms. The lowest BCUT2D eigenvalue weighted by molar-refractivity contribution is 0.0549. The van der Waals surface area contributed by atoms with E-state index in [1.54, 1.807) is 12.1 Å². The highest BCUT2D eigenvalue weighted by atomic mass is 16.5. The summed E-state index contributed by atoms with van der Waals surface area (Å²) in [5.41, 5.74) is 4.73. The Kier molecular flexibility index (Phi) is 5.85. The average Bonchev–Trinajstić information content (AvgIpc) is 3.24. The number of aryl methyl sites for hydroxylation is 1. The first-order valence-electron chi connectivity index (χ1n) is 10.1. The van der Waals surface area contributed by atoms with Crippen molar-refractivity contribution in [1.82, 2.24) is 9.78 Å². The predicted octanol–water partition coefficient (Wildman–Crippen LogP) is 5.09. The first-order valence-corrected chi connectivity index (χ1v) is 10.1. The third kappa shape index (κ3) is 3.67. The second-order valence-corrected chi connectivity index (χ2v) is 7.16. The smallest absolute Gasteiger partial charge is 0.357 e. The van der Waals surface area contributed by atoms with E-state index < -0.39 is 11.9 Å². The lowest BCUT2D eigenvalue weighted by atomic mass is 9.93. The van der Waals surface area contributed by atoms with Crippen molar-refractivity contribution in [1.29, 1.82) is 0 Å². The molecule has 4 rings (SSSR count). The number of aromatic nitrogens is 2. The summed E-state index contributed by atoms with van der Waals surface area (Å²) in [7, 11) is 2.55. The third-order valence-electron chi connectivity index (χ3n) is 5.27. The number of benzene rings is 3. The van der Waals surface area contributed by atoms with Gasteiger partial charge in [0.1, 0.15) is 11.3 Å². The van der Waals surface area contributed by atoms with Gasteiger partial charge in [0.05, 0.1) is 19.9 Å². The Bertz CT molecular complexity index is 1290. The Labute approximate surface area is 186 Å². The molecule has 0 radical (unpaired) electrons.